The molecular weight excluding hydrogens is 460 g/mol. The number of aryl methyl sites for hydroxylation is 1. The number of nitrogens with one attached hydrogen (secondary N) is 1. The molecule has 0 spiro atoms. The van der Waals surface area contributed by atoms with Crippen LogP contribution in [0.2, 0.25) is 0 Å². The molecular formula is C26H30N6O2S. The second-order valence-corrected chi connectivity index (χ2v) is 9.53. The van der Waals surface area contributed by atoms with Gasteiger partial charge in [0.05, 0.1) is 17.1 Å². The molecule has 2 aromatic heterocycles. The maximum absolute atomic E-state index is 12.8. The van der Waals surface area contributed by atoms with E-state index < -0.39 is 0 Å². The maximum atomic E-state index is 12.8. The predicted molar refractivity (Wildman–Crippen MR) is 138 cm³/mol. The van der Waals surface area contributed by atoms with E-state index >= 15 is 0 Å². The highest BCUT2D eigenvalue weighted by atomic mass is 32.2. The fourth-order valence-corrected chi connectivity index (χ4v) is 4.26. The van der Waals surface area contributed by atoms with Crippen molar-refractivity contribution in [3.05, 3.63) is 78.2 Å². The molecule has 35 heavy (non-hydrogen) atoms. The molecule has 9 heteroatoms. The first-order valence-electron chi connectivity index (χ1n) is 11.6. The number of carbonyl (C=O) groups excluding carboxylic acids is 1. The zero-order chi connectivity index (χ0) is 24.6. The van der Waals surface area contributed by atoms with Crippen molar-refractivity contribution in [1.29, 1.82) is 0 Å². The van der Waals surface area contributed by atoms with Gasteiger partial charge in [-0.15, -0.1) is 10.2 Å². The van der Waals surface area contributed by atoms with E-state index in [0.717, 1.165) is 35.9 Å². The van der Waals surface area contributed by atoms with Crippen LogP contribution in [0.3, 0.4) is 0 Å². The van der Waals surface area contributed by atoms with Crippen LogP contribution in [0, 0.1) is 12.8 Å². The molecule has 0 saturated carbocycles. The molecule has 182 valence electrons. The molecule has 0 aliphatic rings. The van der Waals surface area contributed by atoms with Gasteiger partial charge in [-0.2, -0.15) is 5.10 Å². The quantitative estimate of drug-likeness (QED) is 0.293. The molecule has 2 heterocycles. The van der Waals surface area contributed by atoms with Crippen LogP contribution in [0.1, 0.15) is 31.8 Å². The Bertz CT molecular complexity index is 1240. The SMILES string of the molecule is Cc1cc(NC(=O)CSc2nnc(COc3ccccc3)n2CCC(C)C)n(-c2ccccc2)n1. The highest BCUT2D eigenvalue weighted by Crippen LogP contribution is 2.22. The summed E-state index contributed by atoms with van der Waals surface area (Å²) < 4.78 is 9.69. The Morgan fingerprint density at radius 1 is 1.06 bits per heavy atom. The van der Waals surface area contributed by atoms with E-state index in [-0.39, 0.29) is 11.7 Å². The van der Waals surface area contributed by atoms with Crippen molar-refractivity contribution in [2.75, 3.05) is 11.1 Å². The van der Waals surface area contributed by atoms with Gasteiger partial charge in [-0.25, -0.2) is 4.68 Å². The summed E-state index contributed by atoms with van der Waals surface area (Å²) in [5.74, 6) is 2.77. The van der Waals surface area contributed by atoms with E-state index in [0.29, 0.717) is 23.5 Å². The van der Waals surface area contributed by atoms with Gasteiger partial charge in [-0.05, 0) is 43.5 Å². The van der Waals surface area contributed by atoms with E-state index in [9.17, 15) is 4.79 Å². The van der Waals surface area contributed by atoms with Crippen LogP contribution in [0.5, 0.6) is 5.75 Å². The number of amides is 1. The number of thioether (sulfide) groups is 1. The first-order chi connectivity index (χ1) is 17.0. The largest absolute Gasteiger partial charge is 0.486 e. The van der Waals surface area contributed by atoms with Crippen LogP contribution in [0.25, 0.3) is 5.69 Å². The molecule has 0 bridgehead atoms. The van der Waals surface area contributed by atoms with Gasteiger partial charge in [-0.1, -0.05) is 62.0 Å². The zero-order valence-electron chi connectivity index (χ0n) is 20.2. The average molecular weight is 491 g/mol. The normalized spacial score (nSPS) is 11.1. The standard InChI is InChI=1S/C26H30N6O2S/c1-19(2)14-15-31-24(17-34-22-12-8-5-9-13-22)28-29-26(31)35-18-25(33)27-23-16-20(3)30-32(23)21-10-6-4-7-11-21/h4-13,16,19H,14-15,17-18H2,1-3H3,(H,27,33). The number of hydrogen-bond donors (Lipinski definition) is 1. The molecule has 1 amide bonds. The Labute approximate surface area is 209 Å². The van der Waals surface area contributed by atoms with Crippen LogP contribution >= 0.6 is 11.8 Å². The van der Waals surface area contributed by atoms with Crippen molar-refractivity contribution in [1.82, 2.24) is 24.5 Å². The third kappa shape index (κ3) is 6.73. The molecule has 0 aliphatic heterocycles. The first kappa shape index (κ1) is 24.5. The lowest BCUT2D eigenvalue weighted by molar-refractivity contribution is -0.113. The first-order valence-corrected chi connectivity index (χ1v) is 12.6. The summed E-state index contributed by atoms with van der Waals surface area (Å²) in [6, 6.07) is 21.2. The maximum Gasteiger partial charge on any atom is 0.236 e. The number of para-hydroxylation sites is 2. The van der Waals surface area contributed by atoms with Gasteiger partial charge in [0.25, 0.3) is 0 Å². The van der Waals surface area contributed by atoms with E-state index in [1.807, 2.05) is 73.7 Å². The highest BCUT2D eigenvalue weighted by molar-refractivity contribution is 7.99. The molecule has 4 aromatic rings. The van der Waals surface area contributed by atoms with Crippen molar-refractivity contribution < 1.29 is 9.53 Å². The molecule has 8 nitrogen and oxygen atoms in total. The predicted octanol–water partition coefficient (Wildman–Crippen LogP) is 5.13. The number of hydrogen-bond acceptors (Lipinski definition) is 6. The van der Waals surface area contributed by atoms with Gasteiger partial charge in [-0.3, -0.25) is 4.79 Å². The van der Waals surface area contributed by atoms with Crippen molar-refractivity contribution >= 4 is 23.5 Å². The number of benzene rings is 2. The van der Waals surface area contributed by atoms with Crippen LogP contribution in [0.15, 0.2) is 71.9 Å². The highest BCUT2D eigenvalue weighted by Gasteiger charge is 2.17. The average Bonchev–Trinajstić information content (AvgIpc) is 3.43. The second kappa shape index (κ2) is 11.7. The molecule has 1 N–H and O–H groups in total. The van der Waals surface area contributed by atoms with Gasteiger partial charge >= 0.3 is 0 Å². The van der Waals surface area contributed by atoms with E-state index in [2.05, 4.69) is 39.0 Å². The van der Waals surface area contributed by atoms with E-state index in [1.165, 1.54) is 11.8 Å². The summed E-state index contributed by atoms with van der Waals surface area (Å²) in [6.07, 6.45) is 0.978. The zero-order valence-corrected chi connectivity index (χ0v) is 21.0. The van der Waals surface area contributed by atoms with Crippen molar-refractivity contribution in [2.45, 2.75) is 45.5 Å². The monoisotopic (exact) mass is 490 g/mol. The van der Waals surface area contributed by atoms with Crippen molar-refractivity contribution in [2.24, 2.45) is 5.92 Å². The smallest absolute Gasteiger partial charge is 0.236 e. The molecule has 0 atom stereocenters. The minimum absolute atomic E-state index is 0.132. The summed E-state index contributed by atoms with van der Waals surface area (Å²) in [7, 11) is 0. The Hall–Kier alpha value is -3.59. The third-order valence-corrected chi connectivity index (χ3v) is 6.23. The van der Waals surface area contributed by atoms with Gasteiger partial charge < -0.3 is 14.6 Å². The Morgan fingerprint density at radius 3 is 2.49 bits per heavy atom. The lowest BCUT2D eigenvalue weighted by Crippen LogP contribution is -2.17. The summed E-state index contributed by atoms with van der Waals surface area (Å²) in [5, 5.41) is 16.9. The summed E-state index contributed by atoms with van der Waals surface area (Å²) in [6.45, 7) is 7.35. The van der Waals surface area contributed by atoms with Gasteiger partial charge in [0.1, 0.15) is 18.2 Å². The molecule has 0 unspecified atom stereocenters. The summed E-state index contributed by atoms with van der Waals surface area (Å²) in [5.41, 5.74) is 1.72. The van der Waals surface area contributed by atoms with Gasteiger partial charge in [0.15, 0.2) is 11.0 Å². The third-order valence-electron chi connectivity index (χ3n) is 5.27. The van der Waals surface area contributed by atoms with Gasteiger partial charge in [0, 0.05) is 12.6 Å². The topological polar surface area (TPSA) is 86.9 Å². The number of aromatic nitrogens is 5. The van der Waals surface area contributed by atoms with Crippen molar-refractivity contribution in [3.8, 4) is 11.4 Å². The molecule has 2 aromatic carbocycles. The Balaban J connectivity index is 1.42. The number of anilines is 1. The minimum Gasteiger partial charge on any atom is -0.486 e. The summed E-state index contributed by atoms with van der Waals surface area (Å²) >= 11 is 1.37. The van der Waals surface area contributed by atoms with Crippen LogP contribution in [0.4, 0.5) is 5.82 Å². The number of ether oxygens (including phenoxy) is 1. The second-order valence-electron chi connectivity index (χ2n) is 8.59. The van der Waals surface area contributed by atoms with Crippen LogP contribution in [-0.4, -0.2) is 36.2 Å². The van der Waals surface area contributed by atoms with E-state index in [4.69, 9.17) is 4.74 Å². The fourth-order valence-electron chi connectivity index (χ4n) is 3.47. The number of carbonyl (C=O) groups is 1. The lowest BCUT2D eigenvalue weighted by Gasteiger charge is -2.12. The molecule has 0 aliphatic carbocycles. The lowest BCUT2D eigenvalue weighted by atomic mass is 10.1. The number of nitrogens with zero attached hydrogens (tertiary/aromatic N) is 5. The molecule has 0 saturated heterocycles. The Morgan fingerprint density at radius 2 is 1.77 bits per heavy atom. The van der Waals surface area contributed by atoms with Crippen LogP contribution < -0.4 is 10.1 Å². The van der Waals surface area contributed by atoms with E-state index in [1.54, 1.807) is 4.68 Å². The van der Waals surface area contributed by atoms with Crippen molar-refractivity contribution in [3.63, 3.8) is 0 Å². The molecule has 0 radical (unpaired) electrons. The number of rotatable bonds is 11. The molecule has 0 fully saturated rings. The van der Waals surface area contributed by atoms with Gasteiger partial charge in [0.2, 0.25) is 5.91 Å². The molecule has 4 rings (SSSR count). The minimum atomic E-state index is -0.132. The van der Waals surface area contributed by atoms with Crippen LogP contribution in [-0.2, 0) is 17.9 Å². The Kier molecular flexibility index (Phi) is 8.20. The summed E-state index contributed by atoms with van der Waals surface area (Å²) in [4.78, 5) is 12.8. The fraction of sp³-hybridized carbons (Fsp3) is 0.308.